The number of aromatic nitrogens is 2. The van der Waals surface area contributed by atoms with Crippen LogP contribution >= 0.6 is 11.8 Å². The summed E-state index contributed by atoms with van der Waals surface area (Å²) >= 11 is 1.34. The standard InChI is InChI=1S/C18H20N4O2S/c23-16(5-9-22-10-11-25-18(22)24)21-7-3-13(4-8-21)15-12-20-17-14(15)2-1-6-19-17/h1-3,6,12H,4-5,7-11H2,(H,19,20). The molecule has 0 saturated carbocycles. The molecule has 0 atom stereocenters. The molecule has 0 spiro atoms. The third-order valence-corrected chi connectivity index (χ3v) is 5.69. The molecule has 130 valence electrons. The number of aromatic amines is 1. The number of rotatable bonds is 4. The monoisotopic (exact) mass is 356 g/mol. The van der Waals surface area contributed by atoms with Crippen molar-refractivity contribution in [3.8, 4) is 0 Å². The largest absolute Gasteiger partial charge is 0.346 e. The number of carbonyl (C=O) groups excluding carboxylic acids is 2. The van der Waals surface area contributed by atoms with Crippen LogP contribution in [-0.2, 0) is 4.79 Å². The van der Waals surface area contributed by atoms with Gasteiger partial charge in [0.2, 0.25) is 5.91 Å². The van der Waals surface area contributed by atoms with E-state index in [1.165, 1.54) is 22.9 Å². The van der Waals surface area contributed by atoms with Gasteiger partial charge >= 0.3 is 0 Å². The molecule has 0 aromatic carbocycles. The predicted octanol–water partition coefficient (Wildman–Crippen LogP) is 2.74. The number of H-pyrrole nitrogens is 1. The van der Waals surface area contributed by atoms with E-state index in [2.05, 4.69) is 22.1 Å². The summed E-state index contributed by atoms with van der Waals surface area (Å²) in [6, 6.07) is 4.01. The Balaban J connectivity index is 1.38. The Labute approximate surface area is 150 Å². The van der Waals surface area contributed by atoms with Crippen molar-refractivity contribution in [3.63, 3.8) is 0 Å². The molecule has 7 heteroatoms. The number of nitrogens with zero attached hydrogens (tertiary/aromatic N) is 3. The number of hydrogen-bond acceptors (Lipinski definition) is 4. The average Bonchev–Trinajstić information content (AvgIpc) is 3.26. The maximum absolute atomic E-state index is 12.4. The van der Waals surface area contributed by atoms with Crippen LogP contribution in [0.5, 0.6) is 0 Å². The van der Waals surface area contributed by atoms with Crippen molar-refractivity contribution in [3.05, 3.63) is 36.2 Å². The molecule has 0 bridgehead atoms. The number of hydrogen-bond donors (Lipinski definition) is 1. The first kappa shape index (κ1) is 16.2. The number of thioether (sulfide) groups is 1. The van der Waals surface area contributed by atoms with Gasteiger partial charge in [0.1, 0.15) is 5.65 Å². The van der Waals surface area contributed by atoms with Crippen LogP contribution in [0.15, 0.2) is 30.6 Å². The Morgan fingerprint density at radius 3 is 3.04 bits per heavy atom. The number of pyridine rings is 1. The Hall–Kier alpha value is -2.28. The van der Waals surface area contributed by atoms with E-state index in [-0.39, 0.29) is 11.1 Å². The molecule has 0 radical (unpaired) electrons. The highest BCUT2D eigenvalue weighted by atomic mass is 32.2. The predicted molar refractivity (Wildman–Crippen MR) is 99.3 cm³/mol. The van der Waals surface area contributed by atoms with E-state index in [9.17, 15) is 9.59 Å². The molecule has 2 aliphatic rings. The first-order valence-electron chi connectivity index (χ1n) is 8.53. The summed E-state index contributed by atoms with van der Waals surface area (Å²) in [6.45, 7) is 2.64. The van der Waals surface area contributed by atoms with Crippen molar-refractivity contribution >= 4 is 39.5 Å². The first-order chi connectivity index (χ1) is 12.2. The zero-order valence-corrected chi connectivity index (χ0v) is 14.7. The van der Waals surface area contributed by atoms with Gasteiger partial charge in [0.15, 0.2) is 0 Å². The minimum Gasteiger partial charge on any atom is -0.346 e. The Morgan fingerprint density at radius 1 is 1.36 bits per heavy atom. The van der Waals surface area contributed by atoms with Crippen LogP contribution in [0.4, 0.5) is 4.79 Å². The number of nitrogens with one attached hydrogen (secondary N) is 1. The van der Waals surface area contributed by atoms with Gasteiger partial charge in [0.05, 0.1) is 0 Å². The van der Waals surface area contributed by atoms with Crippen LogP contribution in [0.1, 0.15) is 18.4 Å². The van der Waals surface area contributed by atoms with E-state index in [1.807, 2.05) is 17.2 Å². The molecule has 25 heavy (non-hydrogen) atoms. The van der Waals surface area contributed by atoms with E-state index < -0.39 is 0 Å². The Kier molecular flexibility index (Phi) is 4.48. The maximum Gasteiger partial charge on any atom is 0.281 e. The lowest BCUT2D eigenvalue weighted by Gasteiger charge is -2.27. The fourth-order valence-electron chi connectivity index (χ4n) is 3.38. The summed E-state index contributed by atoms with van der Waals surface area (Å²) in [6.07, 6.45) is 7.16. The summed E-state index contributed by atoms with van der Waals surface area (Å²) in [4.78, 5) is 35.2. The molecule has 2 aromatic rings. The second kappa shape index (κ2) is 6.92. The van der Waals surface area contributed by atoms with Gasteiger partial charge < -0.3 is 14.8 Å². The summed E-state index contributed by atoms with van der Waals surface area (Å²) < 4.78 is 0. The molecule has 2 amide bonds. The summed E-state index contributed by atoms with van der Waals surface area (Å²) in [5, 5.41) is 1.22. The van der Waals surface area contributed by atoms with E-state index in [0.717, 1.165) is 36.3 Å². The SMILES string of the molecule is O=C(CCN1CCSC1=O)N1CC=C(c2c[nH]c3ncccc23)CC1. The van der Waals surface area contributed by atoms with Crippen molar-refractivity contribution in [2.45, 2.75) is 12.8 Å². The molecule has 4 rings (SSSR count). The van der Waals surface area contributed by atoms with Crippen LogP contribution in [0, 0.1) is 0 Å². The normalized spacial score (nSPS) is 18.1. The first-order valence-corrected chi connectivity index (χ1v) is 9.52. The van der Waals surface area contributed by atoms with Crippen LogP contribution in [0.3, 0.4) is 0 Å². The summed E-state index contributed by atoms with van der Waals surface area (Å²) in [5.41, 5.74) is 3.33. The van der Waals surface area contributed by atoms with Crippen molar-refractivity contribution in [1.29, 1.82) is 0 Å². The molecule has 2 aliphatic heterocycles. The lowest BCUT2D eigenvalue weighted by Crippen LogP contribution is -2.37. The third kappa shape index (κ3) is 3.28. The molecule has 1 N–H and O–H groups in total. The highest BCUT2D eigenvalue weighted by Gasteiger charge is 2.24. The fraction of sp³-hybridized carbons (Fsp3) is 0.389. The van der Waals surface area contributed by atoms with E-state index in [1.54, 1.807) is 11.1 Å². The molecule has 6 nitrogen and oxygen atoms in total. The Morgan fingerprint density at radius 2 is 2.28 bits per heavy atom. The minimum absolute atomic E-state index is 0.0987. The van der Waals surface area contributed by atoms with Gasteiger partial charge in [-0.05, 0) is 24.1 Å². The van der Waals surface area contributed by atoms with Crippen LogP contribution < -0.4 is 0 Å². The quantitative estimate of drug-likeness (QED) is 0.914. The Bertz CT molecular complexity index is 844. The van der Waals surface area contributed by atoms with Gasteiger partial charge in [0.25, 0.3) is 5.24 Å². The van der Waals surface area contributed by atoms with Crippen LogP contribution in [0.25, 0.3) is 16.6 Å². The topological polar surface area (TPSA) is 69.3 Å². The van der Waals surface area contributed by atoms with Crippen LogP contribution in [0.2, 0.25) is 0 Å². The average molecular weight is 356 g/mol. The second-order valence-corrected chi connectivity index (χ2v) is 7.32. The highest BCUT2D eigenvalue weighted by Crippen LogP contribution is 2.28. The van der Waals surface area contributed by atoms with Gasteiger partial charge in [-0.1, -0.05) is 17.8 Å². The van der Waals surface area contributed by atoms with Gasteiger partial charge in [-0.25, -0.2) is 4.98 Å². The molecular formula is C18H20N4O2S. The number of amides is 2. The molecule has 4 heterocycles. The van der Waals surface area contributed by atoms with Crippen molar-refractivity contribution < 1.29 is 9.59 Å². The molecule has 0 unspecified atom stereocenters. The van der Waals surface area contributed by atoms with Crippen molar-refractivity contribution in [2.75, 3.05) is 31.9 Å². The van der Waals surface area contributed by atoms with Gasteiger partial charge in [-0.15, -0.1) is 0 Å². The summed E-state index contributed by atoms with van der Waals surface area (Å²) in [5.74, 6) is 0.961. The van der Waals surface area contributed by atoms with Gasteiger partial charge in [-0.2, -0.15) is 0 Å². The van der Waals surface area contributed by atoms with E-state index >= 15 is 0 Å². The molecule has 0 aliphatic carbocycles. The van der Waals surface area contributed by atoms with E-state index in [4.69, 9.17) is 0 Å². The van der Waals surface area contributed by atoms with Crippen molar-refractivity contribution in [1.82, 2.24) is 19.8 Å². The zero-order chi connectivity index (χ0) is 17.2. The maximum atomic E-state index is 12.4. The van der Waals surface area contributed by atoms with Crippen molar-refractivity contribution in [2.24, 2.45) is 0 Å². The third-order valence-electron chi connectivity index (χ3n) is 4.80. The fourth-order valence-corrected chi connectivity index (χ4v) is 4.23. The molecular weight excluding hydrogens is 336 g/mol. The lowest BCUT2D eigenvalue weighted by atomic mass is 9.99. The molecule has 2 aromatic heterocycles. The van der Waals surface area contributed by atoms with Crippen LogP contribution in [-0.4, -0.2) is 62.8 Å². The number of carbonyl (C=O) groups is 2. The summed E-state index contributed by atoms with van der Waals surface area (Å²) in [7, 11) is 0. The lowest BCUT2D eigenvalue weighted by molar-refractivity contribution is -0.130. The van der Waals surface area contributed by atoms with Gasteiger partial charge in [-0.3, -0.25) is 9.59 Å². The second-order valence-electron chi connectivity index (χ2n) is 6.27. The van der Waals surface area contributed by atoms with Gasteiger partial charge in [0, 0.05) is 61.7 Å². The highest BCUT2D eigenvalue weighted by molar-refractivity contribution is 8.13. The smallest absolute Gasteiger partial charge is 0.281 e. The van der Waals surface area contributed by atoms with E-state index in [0.29, 0.717) is 19.5 Å². The number of fused-ring (bicyclic) bond motifs is 1. The molecule has 1 saturated heterocycles. The molecule has 1 fully saturated rings. The minimum atomic E-state index is 0.0987. The zero-order valence-electron chi connectivity index (χ0n) is 13.9.